The number of fused-ring (bicyclic) bond motifs is 1. The van der Waals surface area contributed by atoms with Gasteiger partial charge >= 0.3 is 0 Å². The zero-order chi connectivity index (χ0) is 24.6. The van der Waals surface area contributed by atoms with E-state index in [9.17, 15) is 0 Å². The predicted molar refractivity (Wildman–Crippen MR) is 145 cm³/mol. The van der Waals surface area contributed by atoms with Crippen molar-refractivity contribution in [3.05, 3.63) is 77.3 Å². The quantitative estimate of drug-likeness (QED) is 0.220. The number of nitrogens with zero attached hydrogens (tertiary/aromatic N) is 3. The second-order valence-corrected chi connectivity index (χ2v) is 9.43. The molecule has 0 saturated heterocycles. The number of aromatic nitrogens is 2. The summed E-state index contributed by atoms with van der Waals surface area (Å²) in [4.78, 5) is 7.09. The highest BCUT2D eigenvalue weighted by molar-refractivity contribution is 6.30. The van der Waals surface area contributed by atoms with Crippen LogP contribution in [0.4, 0.5) is 0 Å². The Hall–Kier alpha value is -3.02. The molecule has 5 nitrogen and oxygen atoms in total. The second-order valence-electron chi connectivity index (χ2n) is 8.99. The number of halogens is 1. The van der Waals surface area contributed by atoms with Crippen LogP contribution < -0.4 is 9.47 Å². The van der Waals surface area contributed by atoms with Crippen LogP contribution in [0.5, 0.6) is 11.5 Å². The van der Waals surface area contributed by atoms with Gasteiger partial charge in [-0.1, -0.05) is 37.1 Å². The summed E-state index contributed by atoms with van der Waals surface area (Å²) in [6.45, 7) is 5.29. The monoisotopic (exact) mass is 491 g/mol. The number of rotatable bonds is 12. The molecule has 0 amide bonds. The average molecular weight is 492 g/mol. The highest BCUT2D eigenvalue weighted by Crippen LogP contribution is 2.29. The van der Waals surface area contributed by atoms with E-state index >= 15 is 0 Å². The molecule has 0 saturated carbocycles. The molecule has 0 aliphatic heterocycles. The minimum Gasteiger partial charge on any atom is -0.493 e. The van der Waals surface area contributed by atoms with Gasteiger partial charge in [-0.2, -0.15) is 0 Å². The van der Waals surface area contributed by atoms with Crippen LogP contribution in [0, 0.1) is 0 Å². The molecule has 4 aromatic rings. The summed E-state index contributed by atoms with van der Waals surface area (Å²) in [6, 6.07) is 22.3. The third kappa shape index (κ3) is 6.77. The Morgan fingerprint density at radius 3 is 2.31 bits per heavy atom. The minimum absolute atomic E-state index is 0.618. The Balaban J connectivity index is 1.49. The SMILES string of the molecule is CCCCn1c(-c2ccc(OCCc3ccc(Cl)cc3)cc2)nc2ccc(OCCN(C)C)cc21. The molecule has 0 spiro atoms. The number of benzene rings is 3. The zero-order valence-electron chi connectivity index (χ0n) is 20.8. The molecular weight excluding hydrogens is 458 g/mol. The van der Waals surface area contributed by atoms with Gasteiger partial charge in [0.05, 0.1) is 17.6 Å². The number of hydrogen-bond donors (Lipinski definition) is 0. The first-order valence-electron chi connectivity index (χ1n) is 12.3. The number of hydrogen-bond acceptors (Lipinski definition) is 4. The van der Waals surface area contributed by atoms with Gasteiger partial charge < -0.3 is 18.9 Å². The molecule has 1 aromatic heterocycles. The van der Waals surface area contributed by atoms with E-state index in [1.807, 2.05) is 42.5 Å². The van der Waals surface area contributed by atoms with Crippen LogP contribution >= 0.6 is 11.6 Å². The molecule has 0 radical (unpaired) electrons. The Morgan fingerprint density at radius 2 is 1.60 bits per heavy atom. The number of imidazole rings is 1. The highest BCUT2D eigenvalue weighted by atomic mass is 35.5. The fourth-order valence-corrected chi connectivity index (χ4v) is 4.07. The van der Waals surface area contributed by atoms with Crippen LogP contribution in [-0.4, -0.2) is 48.3 Å². The summed E-state index contributed by atoms with van der Waals surface area (Å²) in [5.41, 5.74) is 4.39. The molecule has 3 aromatic carbocycles. The fraction of sp³-hybridized carbons (Fsp3) is 0.345. The molecule has 35 heavy (non-hydrogen) atoms. The summed E-state index contributed by atoms with van der Waals surface area (Å²) >= 11 is 5.96. The third-order valence-corrected chi connectivity index (χ3v) is 6.20. The molecule has 184 valence electrons. The predicted octanol–water partition coefficient (Wildman–Crippen LogP) is 6.72. The highest BCUT2D eigenvalue weighted by Gasteiger charge is 2.14. The summed E-state index contributed by atoms with van der Waals surface area (Å²) in [5, 5.41) is 0.753. The Bertz CT molecular complexity index is 1220. The van der Waals surface area contributed by atoms with Crippen molar-refractivity contribution < 1.29 is 9.47 Å². The molecule has 0 fully saturated rings. The summed E-state index contributed by atoms with van der Waals surface area (Å²) in [6.07, 6.45) is 3.05. The van der Waals surface area contributed by atoms with Crippen molar-refractivity contribution >= 4 is 22.6 Å². The van der Waals surface area contributed by atoms with E-state index in [4.69, 9.17) is 26.1 Å². The van der Waals surface area contributed by atoms with Gasteiger partial charge in [-0.3, -0.25) is 0 Å². The summed E-state index contributed by atoms with van der Waals surface area (Å²) in [5.74, 6) is 2.72. The molecule has 4 rings (SSSR count). The van der Waals surface area contributed by atoms with Crippen LogP contribution in [0.2, 0.25) is 5.02 Å². The lowest BCUT2D eigenvalue weighted by Gasteiger charge is -2.12. The average Bonchev–Trinajstić information content (AvgIpc) is 3.22. The molecule has 1 heterocycles. The lowest BCUT2D eigenvalue weighted by molar-refractivity contribution is 0.261. The lowest BCUT2D eigenvalue weighted by atomic mass is 10.1. The van der Waals surface area contributed by atoms with E-state index in [-0.39, 0.29) is 0 Å². The topological polar surface area (TPSA) is 39.5 Å². The third-order valence-electron chi connectivity index (χ3n) is 5.95. The van der Waals surface area contributed by atoms with Crippen LogP contribution in [0.3, 0.4) is 0 Å². The molecule has 0 atom stereocenters. The van der Waals surface area contributed by atoms with Crippen LogP contribution in [0.25, 0.3) is 22.4 Å². The first-order valence-corrected chi connectivity index (χ1v) is 12.7. The van der Waals surface area contributed by atoms with Crippen LogP contribution in [0.15, 0.2) is 66.7 Å². The summed E-state index contributed by atoms with van der Waals surface area (Å²) < 4.78 is 14.3. The molecule has 0 unspecified atom stereocenters. The normalized spacial score (nSPS) is 11.3. The first-order chi connectivity index (χ1) is 17.0. The van der Waals surface area contributed by atoms with Gasteiger partial charge in [0.15, 0.2) is 0 Å². The van der Waals surface area contributed by atoms with E-state index < -0.39 is 0 Å². The lowest BCUT2D eigenvalue weighted by Crippen LogP contribution is -2.19. The maximum atomic E-state index is 5.98. The van der Waals surface area contributed by atoms with Gasteiger partial charge in [0, 0.05) is 36.2 Å². The number of unbranched alkanes of at least 4 members (excludes halogenated alkanes) is 1. The van der Waals surface area contributed by atoms with Crippen molar-refractivity contribution in [1.82, 2.24) is 14.5 Å². The van der Waals surface area contributed by atoms with E-state index in [2.05, 4.69) is 54.8 Å². The number of aryl methyl sites for hydroxylation is 1. The molecule has 0 bridgehead atoms. The van der Waals surface area contributed by atoms with Crippen molar-refractivity contribution in [1.29, 1.82) is 0 Å². The van der Waals surface area contributed by atoms with Crippen LogP contribution in [-0.2, 0) is 13.0 Å². The van der Waals surface area contributed by atoms with Crippen molar-refractivity contribution in [3.8, 4) is 22.9 Å². The number of ether oxygens (including phenoxy) is 2. The van der Waals surface area contributed by atoms with E-state index in [1.54, 1.807) is 0 Å². The van der Waals surface area contributed by atoms with Crippen molar-refractivity contribution in [3.63, 3.8) is 0 Å². The molecule has 6 heteroatoms. The van der Waals surface area contributed by atoms with Crippen molar-refractivity contribution in [2.75, 3.05) is 33.9 Å². The van der Waals surface area contributed by atoms with Gasteiger partial charge in [0.2, 0.25) is 0 Å². The van der Waals surface area contributed by atoms with Crippen molar-refractivity contribution in [2.24, 2.45) is 0 Å². The first kappa shape index (κ1) is 25.1. The molecule has 0 aliphatic rings. The maximum absolute atomic E-state index is 5.98. The van der Waals surface area contributed by atoms with Gasteiger partial charge in [0.1, 0.15) is 23.9 Å². The number of likely N-dealkylation sites (N-methyl/N-ethyl adjacent to an activating group) is 1. The van der Waals surface area contributed by atoms with E-state index in [0.717, 1.165) is 71.3 Å². The molecule has 0 N–H and O–H groups in total. The Morgan fingerprint density at radius 1 is 0.886 bits per heavy atom. The standard InChI is InChI=1S/C29H34ClN3O2/c1-4-5-17-33-28-21-26(35-20-18-32(2)3)14-15-27(28)31-29(33)23-8-12-25(13-9-23)34-19-16-22-6-10-24(30)11-7-22/h6-15,21H,4-5,16-20H2,1-3H3. The van der Waals surface area contributed by atoms with Crippen LogP contribution in [0.1, 0.15) is 25.3 Å². The second kappa shape index (κ2) is 12.1. The van der Waals surface area contributed by atoms with E-state index in [1.165, 1.54) is 5.56 Å². The Kier molecular flexibility index (Phi) is 8.67. The Labute approximate surface area is 213 Å². The van der Waals surface area contributed by atoms with E-state index in [0.29, 0.717) is 13.2 Å². The minimum atomic E-state index is 0.618. The molecule has 0 aliphatic carbocycles. The van der Waals surface area contributed by atoms with Gasteiger partial charge in [-0.05, 0) is 74.6 Å². The zero-order valence-corrected chi connectivity index (χ0v) is 21.6. The smallest absolute Gasteiger partial charge is 0.141 e. The molecular formula is C29H34ClN3O2. The maximum Gasteiger partial charge on any atom is 0.141 e. The van der Waals surface area contributed by atoms with Crippen molar-refractivity contribution in [2.45, 2.75) is 32.7 Å². The summed E-state index contributed by atoms with van der Waals surface area (Å²) in [7, 11) is 4.10. The fourth-order valence-electron chi connectivity index (χ4n) is 3.94. The van der Waals surface area contributed by atoms with Gasteiger partial charge in [-0.15, -0.1) is 0 Å². The van der Waals surface area contributed by atoms with Gasteiger partial charge in [0.25, 0.3) is 0 Å². The van der Waals surface area contributed by atoms with Gasteiger partial charge in [-0.25, -0.2) is 4.98 Å². The largest absolute Gasteiger partial charge is 0.493 e.